The quantitative estimate of drug-likeness (QED) is 0.791. The van der Waals surface area contributed by atoms with Gasteiger partial charge >= 0.3 is 12.0 Å². The third-order valence-electron chi connectivity index (χ3n) is 6.05. The van der Waals surface area contributed by atoms with E-state index in [1.807, 2.05) is 13.0 Å². The first-order valence-electron chi connectivity index (χ1n) is 9.26. The van der Waals surface area contributed by atoms with E-state index in [1.54, 1.807) is 5.38 Å². The van der Waals surface area contributed by atoms with Crippen molar-refractivity contribution in [1.82, 2.24) is 10.6 Å². The molecule has 1 aromatic heterocycles. The minimum atomic E-state index is -0.602. The largest absolute Gasteiger partial charge is 0.451 e. The van der Waals surface area contributed by atoms with Crippen LogP contribution < -0.4 is 10.6 Å². The van der Waals surface area contributed by atoms with Crippen LogP contribution in [0.4, 0.5) is 4.79 Å². The molecule has 2 N–H and O–H groups in total. The van der Waals surface area contributed by atoms with E-state index in [9.17, 15) is 14.4 Å². The molecule has 4 fully saturated rings. The Hall–Kier alpha value is -1.89. The lowest BCUT2D eigenvalue weighted by atomic mass is 9.53. The third kappa shape index (κ3) is 3.49. The fourth-order valence-corrected chi connectivity index (χ4v) is 6.29. The molecule has 0 saturated heterocycles. The number of carbonyl (C=O) groups excluding carboxylic acids is 3. The van der Waals surface area contributed by atoms with Crippen molar-refractivity contribution in [3.8, 4) is 0 Å². The van der Waals surface area contributed by atoms with E-state index >= 15 is 0 Å². The van der Waals surface area contributed by atoms with Crippen molar-refractivity contribution in [1.29, 1.82) is 0 Å². The van der Waals surface area contributed by atoms with Crippen molar-refractivity contribution in [2.75, 3.05) is 6.61 Å². The molecule has 0 spiro atoms. The lowest BCUT2D eigenvalue weighted by Gasteiger charge is -2.56. The Bertz CT molecular complexity index is 706. The molecule has 6 nitrogen and oxygen atoms in total. The molecular formula is C19H24N2O4S. The molecular weight excluding hydrogens is 352 g/mol. The third-order valence-corrected chi connectivity index (χ3v) is 7.05. The normalized spacial score (nSPS) is 31.5. The highest BCUT2D eigenvalue weighted by Crippen LogP contribution is 2.55. The van der Waals surface area contributed by atoms with Crippen LogP contribution in [0.5, 0.6) is 0 Å². The van der Waals surface area contributed by atoms with Gasteiger partial charge in [0.15, 0.2) is 6.61 Å². The van der Waals surface area contributed by atoms with Gasteiger partial charge in [0.25, 0.3) is 5.91 Å². The van der Waals surface area contributed by atoms with Gasteiger partial charge in [0.05, 0.1) is 0 Å². The summed E-state index contributed by atoms with van der Waals surface area (Å²) in [5, 5.41) is 7.17. The minimum Gasteiger partial charge on any atom is -0.451 e. The lowest BCUT2D eigenvalue weighted by molar-refractivity contribution is -0.123. The van der Waals surface area contributed by atoms with Gasteiger partial charge in [-0.15, -0.1) is 11.3 Å². The highest BCUT2D eigenvalue weighted by molar-refractivity contribution is 7.12. The number of amides is 3. The van der Waals surface area contributed by atoms with E-state index in [0.717, 1.165) is 24.8 Å². The minimum absolute atomic E-state index is 0.149. The van der Waals surface area contributed by atoms with E-state index in [2.05, 4.69) is 10.6 Å². The molecule has 7 heteroatoms. The van der Waals surface area contributed by atoms with E-state index < -0.39 is 24.5 Å². The summed E-state index contributed by atoms with van der Waals surface area (Å²) >= 11 is 1.27. The van der Waals surface area contributed by atoms with Crippen molar-refractivity contribution in [3.05, 3.63) is 21.9 Å². The summed E-state index contributed by atoms with van der Waals surface area (Å²) in [6, 6.07) is 1.35. The Kier molecular flexibility index (Phi) is 4.50. The summed E-state index contributed by atoms with van der Waals surface area (Å²) in [5.41, 5.74) is 0.670. The topological polar surface area (TPSA) is 84.5 Å². The number of esters is 1. The van der Waals surface area contributed by atoms with Crippen LogP contribution in [-0.4, -0.2) is 30.1 Å². The SMILES string of the molecule is Cc1ccsc1C(=O)OCC(=O)NC(=O)NC12CC3CC(CC(C3)C1)C2. The zero-order valence-electron chi connectivity index (χ0n) is 14.9. The molecule has 140 valence electrons. The highest BCUT2D eigenvalue weighted by atomic mass is 32.1. The average molecular weight is 376 g/mol. The molecule has 0 radical (unpaired) electrons. The van der Waals surface area contributed by atoms with Gasteiger partial charge in [-0.25, -0.2) is 9.59 Å². The van der Waals surface area contributed by atoms with Crippen LogP contribution >= 0.6 is 11.3 Å². The summed E-state index contributed by atoms with van der Waals surface area (Å²) in [4.78, 5) is 36.6. The molecule has 4 bridgehead atoms. The fraction of sp³-hybridized carbons (Fsp3) is 0.632. The molecule has 5 rings (SSSR count). The van der Waals surface area contributed by atoms with E-state index in [0.29, 0.717) is 22.6 Å². The van der Waals surface area contributed by atoms with Gasteiger partial charge in [0, 0.05) is 5.54 Å². The first-order valence-corrected chi connectivity index (χ1v) is 10.1. The number of imide groups is 1. The van der Waals surface area contributed by atoms with Crippen molar-refractivity contribution in [3.63, 3.8) is 0 Å². The number of aryl methyl sites for hydroxylation is 1. The van der Waals surface area contributed by atoms with Crippen LogP contribution in [0.3, 0.4) is 0 Å². The maximum atomic E-state index is 12.3. The van der Waals surface area contributed by atoms with Gasteiger partial charge in [-0.3, -0.25) is 10.1 Å². The number of rotatable bonds is 4. The van der Waals surface area contributed by atoms with Crippen LogP contribution in [0.1, 0.15) is 53.8 Å². The van der Waals surface area contributed by atoms with Gasteiger partial charge in [0.2, 0.25) is 0 Å². The molecule has 0 atom stereocenters. The number of nitrogens with one attached hydrogen (secondary N) is 2. The Morgan fingerprint density at radius 1 is 1.15 bits per heavy atom. The smallest absolute Gasteiger partial charge is 0.349 e. The zero-order chi connectivity index (χ0) is 18.3. The molecule has 3 amide bonds. The zero-order valence-corrected chi connectivity index (χ0v) is 15.7. The summed E-state index contributed by atoms with van der Waals surface area (Å²) in [7, 11) is 0. The van der Waals surface area contributed by atoms with Gasteiger partial charge in [-0.05, 0) is 80.2 Å². The van der Waals surface area contributed by atoms with Gasteiger partial charge in [0.1, 0.15) is 4.88 Å². The average Bonchev–Trinajstić information content (AvgIpc) is 2.96. The molecule has 4 aliphatic carbocycles. The van der Waals surface area contributed by atoms with E-state index in [-0.39, 0.29) is 5.54 Å². The first-order chi connectivity index (χ1) is 12.4. The molecule has 1 heterocycles. The molecule has 0 aromatic carbocycles. The van der Waals surface area contributed by atoms with Crippen molar-refractivity contribution >= 4 is 29.2 Å². The second-order valence-corrected chi connectivity index (χ2v) is 9.13. The molecule has 1 aromatic rings. The molecule has 4 saturated carbocycles. The summed E-state index contributed by atoms with van der Waals surface area (Å²) < 4.78 is 5.00. The molecule has 0 aliphatic heterocycles. The van der Waals surface area contributed by atoms with Gasteiger partial charge < -0.3 is 10.1 Å². The number of hydrogen-bond donors (Lipinski definition) is 2. The maximum Gasteiger partial charge on any atom is 0.349 e. The van der Waals surface area contributed by atoms with E-state index in [1.165, 1.54) is 30.6 Å². The molecule has 0 unspecified atom stereocenters. The van der Waals surface area contributed by atoms with Crippen molar-refractivity contribution < 1.29 is 19.1 Å². The monoisotopic (exact) mass is 376 g/mol. The highest BCUT2D eigenvalue weighted by Gasteiger charge is 2.51. The second-order valence-electron chi connectivity index (χ2n) is 8.21. The van der Waals surface area contributed by atoms with Crippen molar-refractivity contribution in [2.24, 2.45) is 17.8 Å². The predicted molar refractivity (Wildman–Crippen MR) is 96.9 cm³/mol. The molecule has 26 heavy (non-hydrogen) atoms. The summed E-state index contributed by atoms with van der Waals surface area (Å²) in [5.74, 6) is 1.01. The maximum absolute atomic E-state index is 12.3. The number of urea groups is 1. The summed E-state index contributed by atoms with van der Waals surface area (Å²) in [6.45, 7) is 1.36. The number of ether oxygens (including phenoxy) is 1. The first kappa shape index (κ1) is 17.5. The van der Waals surface area contributed by atoms with Gasteiger partial charge in [-0.1, -0.05) is 0 Å². The fourth-order valence-electron chi connectivity index (χ4n) is 5.48. The van der Waals surface area contributed by atoms with Crippen LogP contribution in [-0.2, 0) is 9.53 Å². The van der Waals surface area contributed by atoms with Gasteiger partial charge in [-0.2, -0.15) is 0 Å². The predicted octanol–water partition coefficient (Wildman–Crippen LogP) is 3.01. The van der Waals surface area contributed by atoms with Crippen LogP contribution in [0, 0.1) is 24.7 Å². The van der Waals surface area contributed by atoms with Crippen LogP contribution in [0.25, 0.3) is 0 Å². The molecule has 4 aliphatic rings. The Balaban J connectivity index is 1.26. The number of carbonyl (C=O) groups is 3. The second kappa shape index (κ2) is 6.68. The standard InChI is InChI=1S/C19H24N2O4S/c1-11-2-3-26-16(11)17(23)25-10-15(22)20-18(24)21-19-7-12-4-13(8-19)6-14(5-12)9-19/h2-3,12-14H,4-10H2,1H3,(H2,20,21,22,24). The van der Waals surface area contributed by atoms with E-state index in [4.69, 9.17) is 4.74 Å². The Morgan fingerprint density at radius 2 is 1.77 bits per heavy atom. The van der Waals surface area contributed by atoms with Crippen LogP contribution in [0.2, 0.25) is 0 Å². The number of hydrogen-bond acceptors (Lipinski definition) is 5. The Morgan fingerprint density at radius 3 is 2.31 bits per heavy atom. The van der Waals surface area contributed by atoms with Crippen molar-refractivity contribution in [2.45, 2.75) is 51.0 Å². The summed E-state index contributed by atoms with van der Waals surface area (Å²) in [6.07, 6.45) is 6.94. The lowest BCUT2D eigenvalue weighted by Crippen LogP contribution is -2.62. The number of thiophene rings is 1. The van der Waals surface area contributed by atoms with Crippen LogP contribution in [0.15, 0.2) is 11.4 Å². The Labute approximate surface area is 156 Å².